The van der Waals surface area contributed by atoms with Crippen LogP contribution in [0.5, 0.6) is 0 Å². The molecule has 0 radical (unpaired) electrons. The molecular formula is C15H17N5S. The summed E-state index contributed by atoms with van der Waals surface area (Å²) in [6.45, 7) is 4.53. The highest BCUT2D eigenvalue weighted by Gasteiger charge is 2.18. The average molecular weight is 299 g/mol. The van der Waals surface area contributed by atoms with Gasteiger partial charge in [-0.25, -0.2) is 9.97 Å². The van der Waals surface area contributed by atoms with E-state index in [1.807, 2.05) is 12.1 Å². The van der Waals surface area contributed by atoms with Gasteiger partial charge >= 0.3 is 0 Å². The molecule has 0 aromatic carbocycles. The second-order valence-corrected chi connectivity index (χ2v) is 6.18. The van der Waals surface area contributed by atoms with E-state index in [0.717, 1.165) is 21.5 Å². The number of hydrogen-bond donors (Lipinski definition) is 2. The monoisotopic (exact) mass is 299 g/mol. The van der Waals surface area contributed by atoms with Gasteiger partial charge in [0.2, 0.25) is 0 Å². The predicted molar refractivity (Wildman–Crippen MR) is 86.1 cm³/mol. The van der Waals surface area contributed by atoms with Gasteiger partial charge in [-0.3, -0.25) is 4.98 Å². The molecule has 0 amide bonds. The second-order valence-electron chi connectivity index (χ2n) is 4.97. The molecule has 0 spiro atoms. The van der Waals surface area contributed by atoms with Gasteiger partial charge in [-0.05, 0) is 31.5 Å². The first-order chi connectivity index (χ1) is 10.1. The molecule has 0 aliphatic heterocycles. The smallest absolute Gasteiger partial charge is 0.161 e. The summed E-state index contributed by atoms with van der Waals surface area (Å²) in [6, 6.07) is 3.50. The van der Waals surface area contributed by atoms with Crippen LogP contribution in [-0.2, 0) is 0 Å². The van der Waals surface area contributed by atoms with Crippen molar-refractivity contribution in [2.24, 2.45) is 11.5 Å². The maximum Gasteiger partial charge on any atom is 0.161 e. The number of thiophene rings is 1. The summed E-state index contributed by atoms with van der Waals surface area (Å²) in [5.74, 6) is 0.671. The Bertz CT molecular complexity index is 782. The number of fused-ring (bicyclic) bond motifs is 1. The van der Waals surface area contributed by atoms with E-state index >= 15 is 0 Å². The van der Waals surface area contributed by atoms with Crippen molar-refractivity contribution in [2.45, 2.75) is 19.9 Å². The minimum absolute atomic E-state index is 0.288. The van der Waals surface area contributed by atoms with Crippen LogP contribution in [0.15, 0.2) is 24.5 Å². The van der Waals surface area contributed by atoms with Gasteiger partial charge in [-0.15, -0.1) is 11.3 Å². The van der Waals surface area contributed by atoms with Crippen LogP contribution in [0.3, 0.4) is 0 Å². The van der Waals surface area contributed by atoms with Crippen molar-refractivity contribution in [1.29, 1.82) is 0 Å². The van der Waals surface area contributed by atoms with E-state index < -0.39 is 0 Å². The highest BCUT2D eigenvalue weighted by atomic mass is 32.1. The molecule has 0 saturated heterocycles. The zero-order chi connectivity index (χ0) is 15.0. The van der Waals surface area contributed by atoms with Gasteiger partial charge in [0.25, 0.3) is 0 Å². The van der Waals surface area contributed by atoms with Crippen molar-refractivity contribution < 1.29 is 0 Å². The molecule has 0 aliphatic rings. The summed E-state index contributed by atoms with van der Waals surface area (Å²) in [4.78, 5) is 15.6. The van der Waals surface area contributed by atoms with Crippen LogP contribution < -0.4 is 11.5 Å². The predicted octanol–water partition coefficient (Wildman–Crippen LogP) is 2.33. The third-order valence-corrected chi connectivity index (χ3v) is 4.70. The maximum absolute atomic E-state index is 6.16. The fourth-order valence-electron chi connectivity index (χ4n) is 2.29. The van der Waals surface area contributed by atoms with E-state index in [9.17, 15) is 0 Å². The first-order valence-electron chi connectivity index (χ1n) is 6.75. The highest BCUT2D eigenvalue weighted by molar-refractivity contribution is 7.18. The molecule has 4 N–H and O–H groups in total. The van der Waals surface area contributed by atoms with Crippen molar-refractivity contribution in [3.8, 4) is 11.4 Å². The minimum Gasteiger partial charge on any atom is -0.329 e. The van der Waals surface area contributed by atoms with E-state index in [0.29, 0.717) is 12.4 Å². The minimum atomic E-state index is -0.288. The Hall–Kier alpha value is -1.89. The molecule has 5 nitrogen and oxygen atoms in total. The molecule has 0 aliphatic carbocycles. The molecule has 3 heterocycles. The molecule has 0 bridgehead atoms. The van der Waals surface area contributed by atoms with Gasteiger partial charge in [-0.2, -0.15) is 0 Å². The summed E-state index contributed by atoms with van der Waals surface area (Å²) in [6.07, 6.45) is 3.46. The van der Waals surface area contributed by atoms with Gasteiger partial charge in [0, 0.05) is 34.8 Å². The number of aromatic nitrogens is 3. The standard InChI is InChI=1S/C15H17N5S/c1-8-9(2)21-15-12(8)13(11(17)7-16)19-14(20-15)10-3-5-18-6-4-10/h3-6,11H,7,16-17H2,1-2H3. The Morgan fingerprint density at radius 1 is 1.19 bits per heavy atom. The second kappa shape index (κ2) is 5.48. The summed E-state index contributed by atoms with van der Waals surface area (Å²) >= 11 is 1.67. The number of aryl methyl sites for hydroxylation is 2. The SMILES string of the molecule is Cc1sc2nc(-c3ccncc3)nc(C(N)CN)c2c1C. The highest BCUT2D eigenvalue weighted by Crippen LogP contribution is 2.34. The lowest BCUT2D eigenvalue weighted by Crippen LogP contribution is -2.22. The van der Waals surface area contributed by atoms with Crippen molar-refractivity contribution in [3.63, 3.8) is 0 Å². The van der Waals surface area contributed by atoms with E-state index in [-0.39, 0.29) is 6.04 Å². The van der Waals surface area contributed by atoms with Crippen LogP contribution in [0.1, 0.15) is 22.2 Å². The van der Waals surface area contributed by atoms with Crippen molar-refractivity contribution in [1.82, 2.24) is 15.0 Å². The Morgan fingerprint density at radius 3 is 2.57 bits per heavy atom. The molecule has 0 fully saturated rings. The number of nitrogens with zero attached hydrogens (tertiary/aromatic N) is 3. The molecule has 1 unspecified atom stereocenters. The molecular weight excluding hydrogens is 282 g/mol. The summed E-state index contributed by atoms with van der Waals surface area (Å²) in [7, 11) is 0. The number of pyridine rings is 1. The third-order valence-electron chi connectivity index (χ3n) is 3.60. The largest absolute Gasteiger partial charge is 0.329 e. The summed E-state index contributed by atoms with van der Waals surface area (Å²) in [5.41, 5.74) is 14.9. The Morgan fingerprint density at radius 2 is 1.90 bits per heavy atom. The van der Waals surface area contributed by atoms with Gasteiger partial charge in [-0.1, -0.05) is 0 Å². The van der Waals surface area contributed by atoms with Crippen molar-refractivity contribution in [3.05, 3.63) is 40.7 Å². The zero-order valence-corrected chi connectivity index (χ0v) is 12.8. The first-order valence-corrected chi connectivity index (χ1v) is 7.57. The number of hydrogen-bond acceptors (Lipinski definition) is 6. The Labute approximate surface area is 127 Å². The van der Waals surface area contributed by atoms with Gasteiger partial charge in [0.05, 0.1) is 11.7 Å². The Balaban J connectivity index is 2.30. The molecule has 3 rings (SSSR count). The fraction of sp³-hybridized carbons (Fsp3) is 0.267. The van der Waals surface area contributed by atoms with Crippen LogP contribution in [0, 0.1) is 13.8 Å². The number of rotatable bonds is 3. The summed E-state index contributed by atoms with van der Waals surface area (Å²) < 4.78 is 0. The first kappa shape index (κ1) is 14.1. The normalized spacial score (nSPS) is 12.8. The average Bonchev–Trinajstić information content (AvgIpc) is 2.81. The Kier molecular flexibility index (Phi) is 3.67. The van der Waals surface area contributed by atoms with Crippen LogP contribution in [0.25, 0.3) is 21.6 Å². The lowest BCUT2D eigenvalue weighted by atomic mass is 10.1. The quantitative estimate of drug-likeness (QED) is 0.774. The van der Waals surface area contributed by atoms with Crippen LogP contribution in [0.4, 0.5) is 0 Å². The van der Waals surface area contributed by atoms with E-state index in [1.54, 1.807) is 23.7 Å². The van der Waals surface area contributed by atoms with E-state index in [2.05, 4.69) is 28.8 Å². The van der Waals surface area contributed by atoms with Gasteiger partial charge in [0.15, 0.2) is 5.82 Å². The maximum atomic E-state index is 6.16. The molecule has 21 heavy (non-hydrogen) atoms. The van der Waals surface area contributed by atoms with Crippen LogP contribution in [0.2, 0.25) is 0 Å². The third kappa shape index (κ3) is 2.42. The van der Waals surface area contributed by atoms with E-state index in [1.165, 1.54) is 10.4 Å². The van der Waals surface area contributed by atoms with Gasteiger partial charge in [0.1, 0.15) is 4.83 Å². The summed E-state index contributed by atoms with van der Waals surface area (Å²) in [5, 5.41) is 1.05. The van der Waals surface area contributed by atoms with E-state index in [4.69, 9.17) is 11.5 Å². The zero-order valence-electron chi connectivity index (χ0n) is 12.0. The van der Waals surface area contributed by atoms with Crippen molar-refractivity contribution >= 4 is 21.6 Å². The van der Waals surface area contributed by atoms with Crippen LogP contribution >= 0.6 is 11.3 Å². The van der Waals surface area contributed by atoms with Gasteiger partial charge < -0.3 is 11.5 Å². The fourth-order valence-corrected chi connectivity index (χ4v) is 3.33. The molecule has 3 aromatic rings. The topological polar surface area (TPSA) is 90.7 Å². The van der Waals surface area contributed by atoms with Crippen molar-refractivity contribution in [2.75, 3.05) is 6.54 Å². The lowest BCUT2D eigenvalue weighted by molar-refractivity contribution is 0.717. The number of nitrogens with two attached hydrogens (primary N) is 2. The van der Waals surface area contributed by atoms with Crippen LogP contribution in [-0.4, -0.2) is 21.5 Å². The molecule has 0 saturated carbocycles. The molecule has 1 atom stereocenters. The lowest BCUT2D eigenvalue weighted by Gasteiger charge is -2.12. The molecule has 3 aromatic heterocycles. The molecule has 6 heteroatoms. The molecule has 108 valence electrons.